The van der Waals surface area contributed by atoms with E-state index in [-0.39, 0.29) is 5.56 Å². The van der Waals surface area contributed by atoms with Gasteiger partial charge in [0.25, 0.3) is 17.3 Å². The number of halogens is 1. The van der Waals surface area contributed by atoms with E-state index in [1.807, 2.05) is 12.1 Å². The van der Waals surface area contributed by atoms with Crippen molar-refractivity contribution in [3.63, 3.8) is 0 Å². The van der Waals surface area contributed by atoms with Gasteiger partial charge in [0.15, 0.2) is 0 Å². The van der Waals surface area contributed by atoms with Crippen molar-refractivity contribution in [1.82, 2.24) is 5.32 Å². The summed E-state index contributed by atoms with van der Waals surface area (Å²) in [6.07, 6.45) is 0. The minimum Gasteiger partial charge on any atom is -0.351 e. The van der Waals surface area contributed by atoms with Crippen LogP contribution < -0.4 is 5.32 Å². The van der Waals surface area contributed by atoms with Gasteiger partial charge in [-0.2, -0.15) is 11.8 Å². The van der Waals surface area contributed by atoms with Crippen molar-refractivity contribution in [2.24, 2.45) is 0 Å². The Labute approximate surface area is 157 Å². The van der Waals surface area contributed by atoms with Gasteiger partial charge in [-0.25, -0.2) is 0 Å². The van der Waals surface area contributed by atoms with Crippen molar-refractivity contribution >= 4 is 40.6 Å². The predicted octanol–water partition coefficient (Wildman–Crippen LogP) is 3.82. The molecule has 0 aliphatic carbocycles. The summed E-state index contributed by atoms with van der Waals surface area (Å²) in [6, 6.07) is 10.3. The first-order chi connectivity index (χ1) is 12.4. The minimum absolute atomic E-state index is 0.117. The van der Waals surface area contributed by atoms with Gasteiger partial charge in [0.1, 0.15) is 0 Å². The smallest absolute Gasteiger partial charge is 0.277 e. The number of hydrogen-bond acceptors (Lipinski definition) is 6. The Morgan fingerprint density at radius 3 is 2.15 bits per heavy atom. The van der Waals surface area contributed by atoms with Crippen molar-refractivity contribution in [1.29, 1.82) is 0 Å². The second kappa shape index (κ2) is 9.16. The molecular formula is C16H14ClN3O5S. The standard InChI is InChI=1S/C16H14ClN3O5S/c17-13-3-1-11(2-4-13)10-26-6-5-18-16(21)12-7-14(19(22)23)9-15(8-12)20(24)25/h1-4,7-9H,5-6,10H2,(H,18,21). The number of non-ortho nitro benzene ring substituents is 2. The largest absolute Gasteiger partial charge is 0.351 e. The van der Waals surface area contributed by atoms with Gasteiger partial charge >= 0.3 is 0 Å². The number of nitro groups is 2. The van der Waals surface area contributed by atoms with Crippen molar-refractivity contribution in [2.75, 3.05) is 12.3 Å². The molecule has 2 rings (SSSR count). The molecule has 2 aromatic carbocycles. The summed E-state index contributed by atoms with van der Waals surface area (Å²) in [5, 5.41) is 25.0. The molecule has 10 heteroatoms. The number of hydrogen-bond donors (Lipinski definition) is 1. The van der Waals surface area contributed by atoms with E-state index in [9.17, 15) is 25.0 Å². The zero-order valence-corrected chi connectivity index (χ0v) is 15.0. The Hall–Kier alpha value is -2.65. The maximum absolute atomic E-state index is 12.1. The first kappa shape index (κ1) is 19.7. The fourth-order valence-electron chi connectivity index (χ4n) is 2.05. The monoisotopic (exact) mass is 395 g/mol. The predicted molar refractivity (Wildman–Crippen MR) is 99.7 cm³/mol. The van der Waals surface area contributed by atoms with E-state index in [2.05, 4.69) is 5.32 Å². The van der Waals surface area contributed by atoms with Crippen molar-refractivity contribution in [2.45, 2.75) is 5.75 Å². The third-order valence-corrected chi connectivity index (χ3v) is 4.58. The number of nitrogens with one attached hydrogen (secondary N) is 1. The molecule has 0 atom stereocenters. The van der Waals surface area contributed by atoms with Gasteiger partial charge in [0.2, 0.25) is 0 Å². The van der Waals surface area contributed by atoms with Gasteiger partial charge in [-0.15, -0.1) is 0 Å². The first-order valence-corrected chi connectivity index (χ1v) is 8.94. The number of rotatable bonds is 8. The molecule has 0 unspecified atom stereocenters. The molecule has 0 radical (unpaired) electrons. The summed E-state index contributed by atoms with van der Waals surface area (Å²) in [7, 11) is 0. The molecule has 0 aliphatic rings. The van der Waals surface area contributed by atoms with Crippen LogP contribution in [0.3, 0.4) is 0 Å². The van der Waals surface area contributed by atoms with Crippen LogP contribution in [0.5, 0.6) is 0 Å². The quantitative estimate of drug-likeness (QED) is 0.412. The second-order valence-electron chi connectivity index (χ2n) is 5.19. The molecule has 0 bridgehead atoms. The highest BCUT2D eigenvalue weighted by Crippen LogP contribution is 2.22. The molecule has 1 N–H and O–H groups in total. The average molecular weight is 396 g/mol. The van der Waals surface area contributed by atoms with Gasteiger partial charge in [0, 0.05) is 35.2 Å². The molecule has 0 spiro atoms. The summed E-state index contributed by atoms with van der Waals surface area (Å²) in [4.78, 5) is 32.2. The highest BCUT2D eigenvalue weighted by atomic mass is 35.5. The Kier molecular flexibility index (Phi) is 6.93. The van der Waals surface area contributed by atoms with E-state index >= 15 is 0 Å². The van der Waals surface area contributed by atoms with Gasteiger partial charge < -0.3 is 5.32 Å². The lowest BCUT2D eigenvalue weighted by Gasteiger charge is -2.06. The molecule has 0 heterocycles. The molecule has 1 amide bonds. The fraction of sp³-hybridized carbons (Fsp3) is 0.188. The molecule has 0 fully saturated rings. The van der Waals surface area contributed by atoms with Gasteiger partial charge in [0.05, 0.1) is 21.5 Å². The number of carbonyl (C=O) groups is 1. The highest BCUT2D eigenvalue weighted by molar-refractivity contribution is 7.98. The second-order valence-corrected chi connectivity index (χ2v) is 6.73. The van der Waals surface area contributed by atoms with Gasteiger partial charge in [-0.1, -0.05) is 23.7 Å². The molecular weight excluding hydrogens is 382 g/mol. The molecule has 0 saturated carbocycles. The zero-order valence-electron chi connectivity index (χ0n) is 13.4. The number of amides is 1. The van der Waals surface area contributed by atoms with E-state index in [4.69, 9.17) is 11.6 Å². The summed E-state index contributed by atoms with van der Waals surface area (Å²) < 4.78 is 0. The van der Waals surface area contributed by atoms with Crippen LogP contribution in [0.4, 0.5) is 11.4 Å². The molecule has 8 nitrogen and oxygen atoms in total. The lowest BCUT2D eigenvalue weighted by molar-refractivity contribution is -0.394. The van der Waals surface area contributed by atoms with E-state index in [1.165, 1.54) is 0 Å². The fourth-order valence-corrected chi connectivity index (χ4v) is 2.99. The number of thioether (sulfide) groups is 1. The van der Waals surface area contributed by atoms with Crippen LogP contribution in [0.25, 0.3) is 0 Å². The summed E-state index contributed by atoms with van der Waals surface area (Å²) in [6.45, 7) is 0.327. The lowest BCUT2D eigenvalue weighted by Crippen LogP contribution is -2.25. The third kappa shape index (κ3) is 5.71. The summed E-state index contributed by atoms with van der Waals surface area (Å²) in [5.41, 5.74) is -0.0171. The molecule has 0 aromatic heterocycles. The van der Waals surface area contributed by atoms with Crippen LogP contribution in [-0.2, 0) is 5.75 Å². The van der Waals surface area contributed by atoms with Crippen LogP contribution in [0, 0.1) is 20.2 Å². The third-order valence-electron chi connectivity index (χ3n) is 3.30. The van der Waals surface area contributed by atoms with Crippen LogP contribution in [-0.4, -0.2) is 28.1 Å². The Bertz CT molecular complexity index is 797. The Morgan fingerprint density at radius 1 is 1.04 bits per heavy atom. The van der Waals surface area contributed by atoms with Crippen LogP contribution in [0.15, 0.2) is 42.5 Å². The normalized spacial score (nSPS) is 10.3. The van der Waals surface area contributed by atoms with E-state index in [1.54, 1.807) is 23.9 Å². The number of carbonyl (C=O) groups excluding carboxylic acids is 1. The molecule has 0 saturated heterocycles. The number of nitro benzene ring substituents is 2. The number of benzene rings is 2. The molecule has 136 valence electrons. The topological polar surface area (TPSA) is 115 Å². The maximum atomic E-state index is 12.1. The summed E-state index contributed by atoms with van der Waals surface area (Å²) >= 11 is 7.40. The zero-order chi connectivity index (χ0) is 19.1. The SMILES string of the molecule is O=C(NCCSCc1ccc(Cl)cc1)c1cc([N+](=O)[O-])cc([N+](=O)[O-])c1. The van der Waals surface area contributed by atoms with Gasteiger partial charge in [-0.3, -0.25) is 25.0 Å². The Morgan fingerprint density at radius 2 is 1.62 bits per heavy atom. The minimum atomic E-state index is -0.772. The van der Waals surface area contributed by atoms with Crippen LogP contribution >= 0.6 is 23.4 Å². The molecule has 26 heavy (non-hydrogen) atoms. The van der Waals surface area contributed by atoms with Crippen LogP contribution in [0.1, 0.15) is 15.9 Å². The molecule has 0 aliphatic heterocycles. The Balaban J connectivity index is 1.88. The van der Waals surface area contributed by atoms with Crippen molar-refractivity contribution < 1.29 is 14.6 Å². The van der Waals surface area contributed by atoms with E-state index in [0.29, 0.717) is 17.3 Å². The van der Waals surface area contributed by atoms with E-state index < -0.39 is 27.1 Å². The molecule has 2 aromatic rings. The number of nitrogens with zero attached hydrogens (tertiary/aromatic N) is 2. The summed E-state index contributed by atoms with van der Waals surface area (Å²) in [5.74, 6) is 0.768. The highest BCUT2D eigenvalue weighted by Gasteiger charge is 2.19. The van der Waals surface area contributed by atoms with Gasteiger partial charge in [-0.05, 0) is 17.7 Å². The first-order valence-electron chi connectivity index (χ1n) is 7.41. The lowest BCUT2D eigenvalue weighted by atomic mass is 10.1. The average Bonchev–Trinajstić information content (AvgIpc) is 2.62. The van der Waals surface area contributed by atoms with E-state index in [0.717, 1.165) is 29.5 Å². The van der Waals surface area contributed by atoms with Crippen LogP contribution in [0.2, 0.25) is 5.02 Å². The maximum Gasteiger partial charge on any atom is 0.277 e. The van der Waals surface area contributed by atoms with Crippen molar-refractivity contribution in [3.8, 4) is 0 Å². The van der Waals surface area contributed by atoms with Crippen molar-refractivity contribution in [3.05, 3.63) is 78.8 Å².